The van der Waals surface area contributed by atoms with Crippen LogP contribution in [-0.4, -0.2) is 86.3 Å². The number of hydrogen-bond acceptors (Lipinski definition) is 15. The van der Waals surface area contributed by atoms with E-state index in [4.69, 9.17) is 38.2 Å². The van der Waals surface area contributed by atoms with Gasteiger partial charge in [-0.1, -0.05) is 0 Å². The van der Waals surface area contributed by atoms with E-state index in [1.54, 1.807) is 0 Å². The van der Waals surface area contributed by atoms with Crippen LogP contribution in [-0.2, 0) is 41.3 Å². The van der Waals surface area contributed by atoms with Gasteiger partial charge in [-0.05, 0) is 6.92 Å². The molecule has 0 aliphatic carbocycles. The van der Waals surface area contributed by atoms with Crippen LogP contribution in [0.25, 0.3) is 11.2 Å². The van der Waals surface area contributed by atoms with Crippen molar-refractivity contribution in [2.45, 2.75) is 56.6 Å². The molecule has 2 aliphatic heterocycles. The summed E-state index contributed by atoms with van der Waals surface area (Å²) in [5.41, 5.74) is 3.46. The number of nitrogens with one attached hydrogen (secondary N) is 2. The lowest BCUT2D eigenvalue weighted by atomic mass is 10.2. The molecule has 0 radical (unpaired) electrons. The summed E-state index contributed by atoms with van der Waals surface area (Å²) in [4.78, 5) is 87.0. The van der Waals surface area contributed by atoms with Crippen LogP contribution in [0.5, 0.6) is 0 Å². The first kappa shape index (κ1) is 34.3. The summed E-state index contributed by atoms with van der Waals surface area (Å²) < 4.78 is 69.4. The van der Waals surface area contributed by atoms with Crippen molar-refractivity contribution < 1.29 is 60.8 Å². The number of phosphoric ester groups is 2. The van der Waals surface area contributed by atoms with Gasteiger partial charge in [-0.3, -0.25) is 42.3 Å². The lowest BCUT2D eigenvalue weighted by Gasteiger charge is -2.23. The molecule has 0 bridgehead atoms. The Morgan fingerprint density at radius 1 is 1.02 bits per heavy atom. The van der Waals surface area contributed by atoms with Gasteiger partial charge in [-0.15, -0.1) is 9.42 Å². The second kappa shape index (κ2) is 13.2. The standard InChI is InChI=1S/C20H26N7O16P3/c1-8-4-26(20(30)25-17(8)28)13-2-9(42-45(33,34)35)12(41-13)6-39-46(36,37)43-10-3-14(40-11(10)5-38-44(31)32)27-7-22-15-16(27)23-19(21)24-18(15)29/h4,7,9-14H,2-3,5-6H2,1H3,(H7-,21,23,24,25,28,29,30,31,32,33,34,35,36,37)/p+1/t9-,10-,11+,12+,13+,14+/m0/s1. The van der Waals surface area contributed by atoms with E-state index < -0.39 is 90.8 Å². The molecule has 8 N–H and O–H groups in total. The zero-order chi connectivity index (χ0) is 33.6. The van der Waals surface area contributed by atoms with E-state index in [1.165, 1.54) is 17.8 Å². The first-order valence-electron chi connectivity index (χ1n) is 13.0. The number of nitrogen functional groups attached to an aromatic ring is 1. The summed E-state index contributed by atoms with van der Waals surface area (Å²) in [6.45, 7) is -0.0257. The van der Waals surface area contributed by atoms with Crippen LogP contribution in [0.1, 0.15) is 30.9 Å². The molecule has 8 atom stereocenters. The maximum Gasteiger partial charge on any atom is 0.694 e. The van der Waals surface area contributed by atoms with Gasteiger partial charge in [0.25, 0.3) is 11.1 Å². The average Bonchev–Trinajstić information content (AvgIpc) is 3.64. The van der Waals surface area contributed by atoms with Crippen molar-refractivity contribution in [1.82, 2.24) is 29.1 Å². The molecular weight excluding hydrogens is 687 g/mol. The summed E-state index contributed by atoms with van der Waals surface area (Å²) in [7, 11) is -13.3. The lowest BCUT2D eigenvalue weighted by Crippen LogP contribution is -2.33. The van der Waals surface area contributed by atoms with Crippen molar-refractivity contribution in [1.29, 1.82) is 0 Å². The Kier molecular flexibility index (Phi) is 9.88. The first-order valence-corrected chi connectivity index (χ1v) is 17.2. The number of rotatable bonds is 12. The number of aryl methyl sites for hydroxylation is 1. The van der Waals surface area contributed by atoms with E-state index in [0.29, 0.717) is 0 Å². The molecule has 0 saturated carbocycles. The Morgan fingerprint density at radius 3 is 2.30 bits per heavy atom. The fourth-order valence-electron chi connectivity index (χ4n) is 4.90. The maximum atomic E-state index is 13.1. The number of aromatic nitrogens is 6. The molecule has 2 fully saturated rings. The number of aromatic amines is 2. The van der Waals surface area contributed by atoms with Crippen LogP contribution >= 0.6 is 23.9 Å². The van der Waals surface area contributed by atoms with Gasteiger partial charge in [0.1, 0.15) is 43.5 Å². The molecule has 23 nitrogen and oxygen atoms in total. The molecule has 5 heterocycles. The predicted molar refractivity (Wildman–Crippen MR) is 149 cm³/mol. The normalized spacial score (nSPS) is 26.8. The van der Waals surface area contributed by atoms with Crippen LogP contribution in [0, 0.1) is 6.92 Å². The SMILES string of the molecule is Cc1cn([C@H]2C[C@H](OP(=O)(O)O)[C@@H](COP(=O)(O)O[C@H]3C[C@H](n4cnc5c(=O)[nH]c(N)nc54)O[C@@H]3CO[P+](=O)O)O2)c(=O)[nH]c1=O. The molecule has 0 aromatic carbocycles. The van der Waals surface area contributed by atoms with E-state index in [9.17, 15) is 42.8 Å². The lowest BCUT2D eigenvalue weighted by molar-refractivity contribution is -0.0544. The molecule has 3 aromatic rings. The summed E-state index contributed by atoms with van der Waals surface area (Å²) in [6.07, 6.45) is -5.94. The maximum absolute atomic E-state index is 13.1. The minimum atomic E-state index is -5.13. The van der Waals surface area contributed by atoms with E-state index in [0.717, 1.165) is 10.8 Å². The molecule has 0 amide bonds. The summed E-state index contributed by atoms with van der Waals surface area (Å²) in [5.74, 6) is -0.228. The van der Waals surface area contributed by atoms with Crippen molar-refractivity contribution in [3.63, 3.8) is 0 Å². The molecule has 3 aromatic heterocycles. The van der Waals surface area contributed by atoms with E-state index in [-0.39, 0.29) is 35.5 Å². The Labute approximate surface area is 256 Å². The van der Waals surface area contributed by atoms with Crippen molar-refractivity contribution in [3.8, 4) is 0 Å². The highest BCUT2D eigenvalue weighted by molar-refractivity contribution is 7.47. The van der Waals surface area contributed by atoms with Gasteiger partial charge in [0.2, 0.25) is 5.95 Å². The minimum Gasteiger partial charge on any atom is -0.369 e. The van der Waals surface area contributed by atoms with Crippen LogP contribution < -0.4 is 22.5 Å². The fraction of sp³-hybridized carbons (Fsp3) is 0.550. The number of fused-ring (bicyclic) bond motifs is 1. The third kappa shape index (κ3) is 7.92. The Bertz CT molecular complexity index is 1900. The number of phosphoric acid groups is 2. The molecule has 2 unspecified atom stereocenters. The topological polar surface area (TPSA) is 332 Å². The summed E-state index contributed by atoms with van der Waals surface area (Å²) in [5, 5.41) is 0. The number of H-pyrrole nitrogens is 2. The van der Waals surface area contributed by atoms with Crippen molar-refractivity contribution in [2.75, 3.05) is 18.9 Å². The highest BCUT2D eigenvalue weighted by Crippen LogP contribution is 2.50. The van der Waals surface area contributed by atoms with Crippen molar-refractivity contribution >= 4 is 41.0 Å². The number of nitrogens with zero attached hydrogens (tertiary/aromatic N) is 4. The van der Waals surface area contributed by atoms with Crippen LogP contribution in [0.2, 0.25) is 0 Å². The van der Waals surface area contributed by atoms with Gasteiger partial charge in [0, 0.05) is 29.2 Å². The van der Waals surface area contributed by atoms with Crippen molar-refractivity contribution in [2.24, 2.45) is 0 Å². The molecular formula is C20H27N7O16P3+. The number of hydrogen-bond donors (Lipinski definition) is 7. The molecule has 46 heavy (non-hydrogen) atoms. The molecule has 5 rings (SSSR count). The highest BCUT2D eigenvalue weighted by atomic mass is 31.2. The Morgan fingerprint density at radius 2 is 1.65 bits per heavy atom. The molecule has 2 aliphatic rings. The van der Waals surface area contributed by atoms with Crippen LogP contribution in [0.4, 0.5) is 5.95 Å². The Hall–Kier alpha value is -3.01. The number of imidazole rings is 1. The molecule has 26 heteroatoms. The van der Waals surface area contributed by atoms with Gasteiger partial charge in [-0.2, -0.15) is 4.98 Å². The number of anilines is 1. The van der Waals surface area contributed by atoms with Gasteiger partial charge >= 0.3 is 29.6 Å². The van der Waals surface area contributed by atoms with Gasteiger partial charge in [0.15, 0.2) is 11.2 Å². The second-order valence-electron chi connectivity index (χ2n) is 10.1. The molecule has 252 valence electrons. The first-order chi connectivity index (χ1) is 21.5. The third-order valence-electron chi connectivity index (χ3n) is 6.87. The summed E-state index contributed by atoms with van der Waals surface area (Å²) >= 11 is 0. The number of ether oxygens (including phenoxy) is 2. The third-order valence-corrected chi connectivity index (χ3v) is 8.80. The zero-order valence-corrected chi connectivity index (χ0v) is 26.0. The number of nitrogens with two attached hydrogens (primary N) is 1. The zero-order valence-electron chi connectivity index (χ0n) is 23.3. The van der Waals surface area contributed by atoms with Gasteiger partial charge in [-0.25, -0.2) is 18.9 Å². The van der Waals surface area contributed by atoms with Gasteiger partial charge in [0.05, 0.1) is 12.9 Å². The van der Waals surface area contributed by atoms with E-state index in [2.05, 4.69) is 19.9 Å². The van der Waals surface area contributed by atoms with Gasteiger partial charge < -0.3 is 29.9 Å². The minimum absolute atomic E-state index is 0.00376. The smallest absolute Gasteiger partial charge is 0.369 e. The largest absolute Gasteiger partial charge is 0.694 e. The van der Waals surface area contributed by atoms with Crippen molar-refractivity contribution in [3.05, 3.63) is 49.3 Å². The van der Waals surface area contributed by atoms with E-state index in [1.807, 2.05) is 0 Å². The monoisotopic (exact) mass is 714 g/mol. The van der Waals surface area contributed by atoms with Crippen LogP contribution in [0.15, 0.2) is 26.9 Å². The molecule has 2 saturated heterocycles. The predicted octanol–water partition coefficient (Wildman–Crippen LogP) is -1.22. The fourth-order valence-corrected chi connectivity index (χ4v) is 6.71. The van der Waals surface area contributed by atoms with Crippen LogP contribution in [0.3, 0.4) is 0 Å². The average molecular weight is 714 g/mol. The molecule has 0 spiro atoms. The second-order valence-corrected chi connectivity index (χ2v) is 13.4. The van der Waals surface area contributed by atoms with E-state index >= 15 is 0 Å². The Balaban J connectivity index is 1.32. The highest BCUT2D eigenvalue weighted by Gasteiger charge is 2.46. The quantitative estimate of drug-likeness (QED) is 0.108. The summed E-state index contributed by atoms with van der Waals surface area (Å²) in [6, 6.07) is 0.